The van der Waals surface area contributed by atoms with E-state index in [0.717, 1.165) is 20.8 Å². The molecular weight excluding hydrogens is 456 g/mol. The van der Waals surface area contributed by atoms with Gasteiger partial charge in [-0.3, -0.25) is 4.79 Å². The number of sulfonamides is 1. The lowest BCUT2D eigenvalue weighted by molar-refractivity contribution is 0.0946. The molecule has 0 spiro atoms. The topological polar surface area (TPSA) is 75.7 Å². The lowest BCUT2D eigenvalue weighted by Crippen LogP contribution is -2.28. The summed E-state index contributed by atoms with van der Waals surface area (Å²) in [5, 5.41) is 4.96. The highest BCUT2D eigenvalue weighted by Crippen LogP contribution is 2.25. The highest BCUT2D eigenvalue weighted by molar-refractivity contribution is 9.10. The molecule has 0 fully saturated rings. The van der Waals surface area contributed by atoms with Crippen LogP contribution in [0.5, 0.6) is 5.75 Å². The van der Waals surface area contributed by atoms with Crippen molar-refractivity contribution in [2.45, 2.75) is 4.90 Å². The van der Waals surface area contributed by atoms with Gasteiger partial charge in [-0.2, -0.15) is 0 Å². The van der Waals surface area contributed by atoms with Gasteiger partial charge in [-0.05, 0) is 57.0 Å². The fourth-order valence-corrected chi connectivity index (χ4v) is 4.58. The Morgan fingerprint density at radius 2 is 1.76 bits per heavy atom. The molecule has 0 atom stereocenters. The fourth-order valence-electron chi connectivity index (χ4n) is 2.73. The average molecular weight is 477 g/mol. The van der Waals surface area contributed by atoms with Gasteiger partial charge in [-0.25, -0.2) is 12.7 Å². The molecule has 0 saturated heterocycles. The van der Waals surface area contributed by atoms with Crippen molar-refractivity contribution < 1.29 is 17.9 Å². The molecule has 0 bridgehead atoms. The number of hydrogen-bond donors (Lipinski definition) is 1. The minimum atomic E-state index is -3.66. The standard InChI is InChI=1S/C21H21BrN2O4S/c1-24(2)29(26,27)20-14-17(8-10-19(20)22)21(25)23-11-12-28-18-9-7-15-5-3-4-6-16(15)13-18/h3-10,13-14H,11-12H2,1-2H3,(H,23,25). The van der Waals surface area contributed by atoms with E-state index < -0.39 is 10.0 Å². The van der Waals surface area contributed by atoms with Crippen LogP contribution in [-0.4, -0.2) is 45.9 Å². The second-order valence-electron chi connectivity index (χ2n) is 6.55. The molecule has 0 radical (unpaired) electrons. The van der Waals surface area contributed by atoms with E-state index in [1.165, 1.54) is 20.2 Å². The highest BCUT2D eigenvalue weighted by Gasteiger charge is 2.22. The number of rotatable bonds is 7. The van der Waals surface area contributed by atoms with E-state index in [9.17, 15) is 13.2 Å². The van der Waals surface area contributed by atoms with E-state index in [1.54, 1.807) is 12.1 Å². The van der Waals surface area contributed by atoms with Crippen LogP contribution in [-0.2, 0) is 10.0 Å². The number of carbonyl (C=O) groups is 1. The first-order valence-corrected chi connectivity index (χ1v) is 11.1. The number of benzene rings is 3. The minimum absolute atomic E-state index is 0.0440. The molecule has 152 valence electrons. The number of ether oxygens (including phenoxy) is 1. The fraction of sp³-hybridized carbons (Fsp3) is 0.190. The average Bonchev–Trinajstić information content (AvgIpc) is 2.71. The molecule has 3 aromatic carbocycles. The maximum atomic E-state index is 12.4. The van der Waals surface area contributed by atoms with Crippen LogP contribution in [0, 0.1) is 0 Å². The zero-order chi connectivity index (χ0) is 21.0. The van der Waals surface area contributed by atoms with Crippen LogP contribution in [0.4, 0.5) is 0 Å². The molecule has 0 aromatic heterocycles. The molecule has 0 unspecified atom stereocenters. The molecule has 0 aliphatic carbocycles. The van der Waals surface area contributed by atoms with Gasteiger partial charge >= 0.3 is 0 Å². The van der Waals surface area contributed by atoms with Crippen LogP contribution in [0.1, 0.15) is 10.4 Å². The van der Waals surface area contributed by atoms with Crippen molar-refractivity contribution in [1.29, 1.82) is 0 Å². The Labute approximate surface area is 178 Å². The predicted octanol–water partition coefficient (Wildman–Crippen LogP) is 3.66. The first kappa shape index (κ1) is 21.3. The molecule has 3 rings (SSSR count). The lowest BCUT2D eigenvalue weighted by atomic mass is 10.1. The Morgan fingerprint density at radius 3 is 2.48 bits per heavy atom. The Bertz CT molecular complexity index is 1150. The number of halogens is 1. The van der Waals surface area contributed by atoms with Crippen molar-refractivity contribution in [2.75, 3.05) is 27.2 Å². The predicted molar refractivity (Wildman–Crippen MR) is 117 cm³/mol. The lowest BCUT2D eigenvalue weighted by Gasteiger charge is -2.14. The first-order valence-electron chi connectivity index (χ1n) is 8.91. The molecule has 0 aliphatic rings. The van der Waals surface area contributed by atoms with E-state index in [4.69, 9.17) is 4.74 Å². The van der Waals surface area contributed by atoms with Gasteiger partial charge in [0.1, 0.15) is 12.4 Å². The third kappa shape index (κ3) is 4.95. The summed E-state index contributed by atoms with van der Waals surface area (Å²) in [5.41, 5.74) is 0.263. The van der Waals surface area contributed by atoms with Gasteiger partial charge < -0.3 is 10.1 Å². The molecule has 1 N–H and O–H groups in total. The number of fused-ring (bicyclic) bond motifs is 1. The Morgan fingerprint density at radius 1 is 1.03 bits per heavy atom. The largest absolute Gasteiger partial charge is 0.492 e. The van der Waals surface area contributed by atoms with Crippen molar-refractivity contribution in [3.05, 3.63) is 70.7 Å². The quantitative estimate of drug-likeness (QED) is 0.527. The number of carbonyl (C=O) groups excluding carboxylic acids is 1. The maximum Gasteiger partial charge on any atom is 0.251 e. The van der Waals surface area contributed by atoms with Gasteiger partial charge in [0.25, 0.3) is 5.91 Å². The van der Waals surface area contributed by atoms with Gasteiger partial charge in [0.05, 0.1) is 11.4 Å². The van der Waals surface area contributed by atoms with Crippen LogP contribution in [0.25, 0.3) is 10.8 Å². The maximum absolute atomic E-state index is 12.4. The highest BCUT2D eigenvalue weighted by atomic mass is 79.9. The Hall–Kier alpha value is -2.42. The van der Waals surface area contributed by atoms with Gasteiger partial charge in [-0.15, -0.1) is 0 Å². The van der Waals surface area contributed by atoms with Gasteiger partial charge in [0.2, 0.25) is 10.0 Å². The molecule has 29 heavy (non-hydrogen) atoms. The summed E-state index contributed by atoms with van der Waals surface area (Å²) in [6.07, 6.45) is 0. The molecule has 0 saturated carbocycles. The number of nitrogens with one attached hydrogen (secondary N) is 1. The molecular formula is C21H21BrN2O4S. The monoisotopic (exact) mass is 476 g/mol. The second-order valence-corrected chi connectivity index (χ2v) is 9.52. The summed E-state index contributed by atoms with van der Waals surface area (Å²) in [6.45, 7) is 0.584. The molecule has 1 amide bonds. The first-order chi connectivity index (χ1) is 13.8. The molecule has 8 heteroatoms. The SMILES string of the molecule is CN(C)S(=O)(=O)c1cc(C(=O)NCCOc2ccc3ccccc3c2)ccc1Br. The van der Waals surface area contributed by atoms with Crippen molar-refractivity contribution in [3.63, 3.8) is 0 Å². The summed E-state index contributed by atoms with van der Waals surface area (Å²) in [7, 11) is -0.775. The molecule has 3 aromatic rings. The van der Waals surface area contributed by atoms with Crippen LogP contribution in [0.15, 0.2) is 70.0 Å². The number of nitrogens with zero attached hydrogens (tertiary/aromatic N) is 1. The molecule has 6 nitrogen and oxygen atoms in total. The van der Waals surface area contributed by atoms with Crippen molar-refractivity contribution >= 4 is 42.6 Å². The van der Waals surface area contributed by atoms with Gasteiger partial charge in [0.15, 0.2) is 0 Å². The second kappa shape index (κ2) is 8.94. The number of amides is 1. The third-order valence-corrected chi connectivity index (χ3v) is 7.14. The molecule has 0 heterocycles. The normalized spacial score (nSPS) is 11.6. The van der Waals surface area contributed by atoms with E-state index in [2.05, 4.69) is 21.2 Å². The van der Waals surface area contributed by atoms with Crippen LogP contribution >= 0.6 is 15.9 Å². The van der Waals surface area contributed by atoms with E-state index in [0.29, 0.717) is 11.1 Å². The van der Waals surface area contributed by atoms with E-state index in [-0.39, 0.29) is 22.9 Å². The van der Waals surface area contributed by atoms with Crippen molar-refractivity contribution in [1.82, 2.24) is 9.62 Å². The van der Waals surface area contributed by atoms with E-state index >= 15 is 0 Å². The number of hydrogen-bond acceptors (Lipinski definition) is 4. The Balaban J connectivity index is 1.60. The van der Waals surface area contributed by atoms with E-state index in [1.807, 2.05) is 42.5 Å². The minimum Gasteiger partial charge on any atom is -0.492 e. The Kier molecular flexibility index (Phi) is 6.56. The summed E-state index contributed by atoms with van der Waals surface area (Å²) < 4.78 is 32.0. The van der Waals surface area contributed by atoms with Crippen LogP contribution < -0.4 is 10.1 Å². The van der Waals surface area contributed by atoms with Gasteiger partial charge in [-0.1, -0.05) is 30.3 Å². The van der Waals surface area contributed by atoms with Crippen molar-refractivity contribution in [2.24, 2.45) is 0 Å². The summed E-state index contributed by atoms with van der Waals surface area (Å²) in [6, 6.07) is 18.3. The van der Waals surface area contributed by atoms with Crippen LogP contribution in [0.2, 0.25) is 0 Å². The van der Waals surface area contributed by atoms with Crippen molar-refractivity contribution in [3.8, 4) is 5.75 Å². The molecule has 0 aliphatic heterocycles. The van der Waals surface area contributed by atoms with Gasteiger partial charge in [0, 0.05) is 24.1 Å². The summed E-state index contributed by atoms with van der Waals surface area (Å²) in [5.74, 6) is 0.357. The van der Waals surface area contributed by atoms with Crippen LogP contribution in [0.3, 0.4) is 0 Å². The summed E-state index contributed by atoms with van der Waals surface area (Å²) >= 11 is 3.23. The summed E-state index contributed by atoms with van der Waals surface area (Å²) in [4.78, 5) is 12.4. The zero-order valence-electron chi connectivity index (χ0n) is 16.1. The zero-order valence-corrected chi connectivity index (χ0v) is 18.5. The third-order valence-electron chi connectivity index (χ3n) is 4.33. The smallest absolute Gasteiger partial charge is 0.251 e.